The molecule has 0 saturated carbocycles. The minimum absolute atomic E-state index is 0.291. The number of carbonyl (C=O) groups is 1. The van der Waals surface area contributed by atoms with Crippen LogP contribution in [0.4, 0.5) is 0 Å². The first-order valence-electron chi connectivity index (χ1n) is 13.1. The first kappa shape index (κ1) is 25.5. The van der Waals surface area contributed by atoms with Crippen molar-refractivity contribution in [3.05, 3.63) is 136 Å². The molecule has 0 saturated heterocycles. The van der Waals surface area contributed by atoms with Crippen LogP contribution in [0.15, 0.2) is 108 Å². The molecule has 0 fully saturated rings. The van der Waals surface area contributed by atoms with Crippen LogP contribution in [0.25, 0.3) is 33.1 Å². The first-order chi connectivity index (χ1) is 19.5. The number of halogens is 1. The Hall–Kier alpha value is -4.74. The zero-order valence-corrected chi connectivity index (χ0v) is 23.0. The third kappa shape index (κ3) is 4.88. The second-order valence-electron chi connectivity index (χ2n) is 9.83. The van der Waals surface area contributed by atoms with Gasteiger partial charge in [0.15, 0.2) is 0 Å². The van der Waals surface area contributed by atoms with Crippen molar-refractivity contribution in [1.82, 2.24) is 15.0 Å². The third-order valence-corrected chi connectivity index (χ3v) is 7.57. The average molecular weight is 543 g/mol. The summed E-state index contributed by atoms with van der Waals surface area (Å²) in [5, 5.41) is 7.00. The Bertz CT molecular complexity index is 1910. The topological polar surface area (TPSA) is 59.3 Å². The van der Waals surface area contributed by atoms with E-state index in [4.69, 9.17) is 16.6 Å². The molecule has 0 unspecified atom stereocenters. The van der Waals surface area contributed by atoms with Crippen molar-refractivity contribution in [3.8, 4) is 11.3 Å². The van der Waals surface area contributed by atoms with Gasteiger partial charge >= 0.3 is 0 Å². The van der Waals surface area contributed by atoms with Crippen molar-refractivity contribution in [3.63, 3.8) is 0 Å². The molecule has 6 aromatic rings. The van der Waals surface area contributed by atoms with Crippen molar-refractivity contribution >= 4 is 45.5 Å². The second kappa shape index (κ2) is 10.8. The number of amides is 1. The number of carbonyl (C=O) groups excluding carboxylic acids is 1. The van der Waals surface area contributed by atoms with Gasteiger partial charge < -0.3 is 4.57 Å². The highest BCUT2D eigenvalue weighted by molar-refractivity contribution is 6.31. The molecule has 0 aliphatic rings. The summed E-state index contributed by atoms with van der Waals surface area (Å²) in [6, 6.07) is 33.6. The molecule has 1 amide bonds. The standard InChI is InChI=1S/C34H27ClN4O/c1-22-16-17-33-27(18-22)29(23(2)39(33)21-25-12-6-8-14-30(25)35)20-36-38-34(40)28-19-32(24-10-4-3-5-11-24)37-31-15-9-7-13-26(28)31/h3-20H,21H2,1-2H3,(H,38,40)/b36-20+. The van der Waals surface area contributed by atoms with E-state index in [0.29, 0.717) is 12.1 Å². The van der Waals surface area contributed by atoms with Crippen molar-refractivity contribution < 1.29 is 4.79 Å². The molecule has 1 N–H and O–H groups in total. The van der Waals surface area contributed by atoms with Crippen LogP contribution in [0.3, 0.4) is 0 Å². The van der Waals surface area contributed by atoms with Crippen LogP contribution in [0.2, 0.25) is 5.02 Å². The lowest BCUT2D eigenvalue weighted by Crippen LogP contribution is -2.18. The minimum atomic E-state index is -0.291. The fraction of sp³-hybridized carbons (Fsp3) is 0.0882. The zero-order chi connectivity index (χ0) is 27.6. The normalized spacial score (nSPS) is 11.5. The van der Waals surface area contributed by atoms with Crippen LogP contribution in [0, 0.1) is 13.8 Å². The summed E-state index contributed by atoms with van der Waals surface area (Å²) in [4.78, 5) is 18.2. The molecule has 0 atom stereocenters. The van der Waals surface area contributed by atoms with Gasteiger partial charge in [0.25, 0.3) is 5.91 Å². The van der Waals surface area contributed by atoms with Gasteiger partial charge in [-0.05, 0) is 49.7 Å². The number of hydrazone groups is 1. The molecule has 4 aromatic carbocycles. The van der Waals surface area contributed by atoms with E-state index in [0.717, 1.165) is 60.5 Å². The van der Waals surface area contributed by atoms with Gasteiger partial charge in [-0.3, -0.25) is 4.79 Å². The summed E-state index contributed by atoms with van der Waals surface area (Å²) in [5.41, 5.74) is 11.0. The van der Waals surface area contributed by atoms with Gasteiger partial charge in [0.1, 0.15) is 0 Å². The van der Waals surface area contributed by atoms with Gasteiger partial charge in [0.05, 0.1) is 23.0 Å². The maximum atomic E-state index is 13.4. The second-order valence-corrected chi connectivity index (χ2v) is 10.2. The van der Waals surface area contributed by atoms with Gasteiger partial charge in [-0.15, -0.1) is 0 Å². The average Bonchev–Trinajstić information content (AvgIpc) is 3.23. The number of nitrogens with zero attached hydrogens (tertiary/aromatic N) is 3. The fourth-order valence-corrected chi connectivity index (χ4v) is 5.32. The molecule has 0 aliphatic carbocycles. The van der Waals surface area contributed by atoms with Gasteiger partial charge in [0, 0.05) is 44.7 Å². The number of rotatable bonds is 6. The molecule has 5 nitrogen and oxygen atoms in total. The molecule has 2 aromatic heterocycles. The molecule has 2 heterocycles. The van der Waals surface area contributed by atoms with E-state index in [9.17, 15) is 4.79 Å². The number of aromatic nitrogens is 2. The molecule has 0 bridgehead atoms. The lowest BCUT2D eigenvalue weighted by Gasteiger charge is -2.10. The van der Waals surface area contributed by atoms with Crippen molar-refractivity contribution in [2.24, 2.45) is 5.10 Å². The van der Waals surface area contributed by atoms with E-state index >= 15 is 0 Å². The highest BCUT2D eigenvalue weighted by Crippen LogP contribution is 2.29. The smallest absolute Gasteiger partial charge is 0.272 e. The highest BCUT2D eigenvalue weighted by atomic mass is 35.5. The van der Waals surface area contributed by atoms with Crippen molar-refractivity contribution in [2.75, 3.05) is 0 Å². The van der Waals surface area contributed by atoms with Crippen LogP contribution >= 0.6 is 11.6 Å². The summed E-state index contributed by atoms with van der Waals surface area (Å²) in [6.45, 7) is 4.77. The molecular weight excluding hydrogens is 516 g/mol. The first-order valence-corrected chi connectivity index (χ1v) is 13.5. The Labute approximate surface area is 237 Å². The number of aryl methyl sites for hydroxylation is 1. The minimum Gasteiger partial charge on any atom is -0.340 e. The molecule has 6 heteroatoms. The number of nitrogens with one attached hydrogen (secondary N) is 1. The zero-order valence-electron chi connectivity index (χ0n) is 22.2. The predicted octanol–water partition coefficient (Wildman–Crippen LogP) is 7.94. The summed E-state index contributed by atoms with van der Waals surface area (Å²) in [5.74, 6) is -0.291. The number of hydrogen-bond donors (Lipinski definition) is 1. The van der Waals surface area contributed by atoms with Crippen LogP contribution in [0.5, 0.6) is 0 Å². The maximum Gasteiger partial charge on any atom is 0.272 e. The van der Waals surface area contributed by atoms with Crippen molar-refractivity contribution in [2.45, 2.75) is 20.4 Å². The SMILES string of the molecule is Cc1ccc2c(c1)c(/C=N/NC(=O)c1cc(-c3ccccc3)nc3ccccc13)c(C)n2Cc1ccccc1Cl. The summed E-state index contributed by atoms with van der Waals surface area (Å²) < 4.78 is 2.24. The van der Waals surface area contributed by atoms with Crippen LogP contribution in [-0.4, -0.2) is 21.7 Å². The summed E-state index contributed by atoms with van der Waals surface area (Å²) >= 11 is 6.49. The quantitative estimate of drug-likeness (QED) is 0.171. The van der Waals surface area contributed by atoms with Gasteiger partial charge in [-0.2, -0.15) is 5.10 Å². The van der Waals surface area contributed by atoms with Gasteiger partial charge in [-0.25, -0.2) is 10.4 Å². The molecule has 40 heavy (non-hydrogen) atoms. The molecule has 196 valence electrons. The van der Waals surface area contributed by atoms with Gasteiger partial charge in [0.2, 0.25) is 0 Å². The highest BCUT2D eigenvalue weighted by Gasteiger charge is 2.16. The number of fused-ring (bicyclic) bond motifs is 2. The molecular formula is C34H27ClN4O. The fourth-order valence-electron chi connectivity index (χ4n) is 5.12. The van der Waals surface area contributed by atoms with E-state index in [1.54, 1.807) is 6.21 Å². The van der Waals surface area contributed by atoms with Crippen LogP contribution < -0.4 is 5.43 Å². The number of pyridine rings is 1. The van der Waals surface area contributed by atoms with Gasteiger partial charge in [-0.1, -0.05) is 90.0 Å². The number of hydrogen-bond acceptors (Lipinski definition) is 3. The molecule has 0 aliphatic heterocycles. The Morgan fingerprint density at radius 2 is 1.65 bits per heavy atom. The largest absolute Gasteiger partial charge is 0.340 e. The van der Waals surface area contributed by atoms with Crippen LogP contribution in [0.1, 0.15) is 32.7 Å². The predicted molar refractivity (Wildman–Crippen MR) is 164 cm³/mol. The van der Waals surface area contributed by atoms with E-state index in [2.05, 4.69) is 47.1 Å². The monoisotopic (exact) mass is 542 g/mol. The Balaban J connectivity index is 1.35. The van der Waals surface area contributed by atoms with Crippen LogP contribution in [-0.2, 0) is 6.54 Å². The number of benzene rings is 4. The lowest BCUT2D eigenvalue weighted by molar-refractivity contribution is 0.0956. The van der Waals surface area contributed by atoms with E-state index in [-0.39, 0.29) is 5.91 Å². The van der Waals surface area contributed by atoms with E-state index < -0.39 is 0 Å². The third-order valence-electron chi connectivity index (χ3n) is 7.20. The maximum absolute atomic E-state index is 13.4. The number of para-hydroxylation sites is 1. The molecule has 0 radical (unpaired) electrons. The van der Waals surface area contributed by atoms with E-state index in [1.807, 2.05) is 84.9 Å². The van der Waals surface area contributed by atoms with Crippen molar-refractivity contribution in [1.29, 1.82) is 0 Å². The Kier molecular flexibility index (Phi) is 6.89. The Morgan fingerprint density at radius 1 is 0.900 bits per heavy atom. The lowest BCUT2D eigenvalue weighted by atomic mass is 10.0. The summed E-state index contributed by atoms with van der Waals surface area (Å²) in [7, 11) is 0. The molecule has 6 rings (SSSR count). The van der Waals surface area contributed by atoms with E-state index in [1.165, 1.54) is 0 Å². The summed E-state index contributed by atoms with van der Waals surface area (Å²) in [6.07, 6.45) is 1.74. The molecule has 0 spiro atoms. The Morgan fingerprint density at radius 3 is 2.48 bits per heavy atom.